The van der Waals surface area contributed by atoms with Gasteiger partial charge in [0, 0.05) is 10.7 Å². The number of fused-ring (bicyclic) bond motifs is 1. The summed E-state index contributed by atoms with van der Waals surface area (Å²) >= 11 is 3.29. The van der Waals surface area contributed by atoms with Gasteiger partial charge in [-0.05, 0) is 43.2 Å². The Hall–Kier alpha value is -2.26. The van der Waals surface area contributed by atoms with Crippen LogP contribution in [-0.2, 0) is 16.6 Å². The molecule has 2 amide bonds. The van der Waals surface area contributed by atoms with Gasteiger partial charge in [0.1, 0.15) is 0 Å². The SMILES string of the molecule is O=C1c2ccc(Br)cc2C(=O)N1Cc1cc(NS(=O)(=O)C2CC2)ccn1. The fourth-order valence-corrected chi connectivity index (χ4v) is 4.56. The topological polar surface area (TPSA) is 96.4 Å². The molecule has 1 saturated carbocycles. The van der Waals surface area contributed by atoms with E-state index in [1.165, 1.54) is 6.20 Å². The van der Waals surface area contributed by atoms with Crippen LogP contribution in [0.25, 0.3) is 0 Å². The molecule has 4 rings (SSSR count). The van der Waals surface area contributed by atoms with Gasteiger partial charge in [0.2, 0.25) is 10.0 Å². The van der Waals surface area contributed by atoms with Crippen LogP contribution < -0.4 is 4.72 Å². The number of halogens is 1. The molecular formula is C17H14BrN3O4S. The van der Waals surface area contributed by atoms with Crippen LogP contribution in [0.3, 0.4) is 0 Å². The Morgan fingerprint density at radius 1 is 1.12 bits per heavy atom. The molecule has 1 N–H and O–H groups in total. The lowest BCUT2D eigenvalue weighted by molar-refractivity contribution is 0.0640. The summed E-state index contributed by atoms with van der Waals surface area (Å²) in [6, 6.07) is 8.01. The first kappa shape index (κ1) is 17.2. The number of sulfonamides is 1. The summed E-state index contributed by atoms with van der Waals surface area (Å²) < 4.78 is 27.3. The van der Waals surface area contributed by atoms with Gasteiger partial charge in [-0.15, -0.1) is 0 Å². The van der Waals surface area contributed by atoms with Crippen molar-refractivity contribution in [3.8, 4) is 0 Å². The average molecular weight is 436 g/mol. The number of aromatic nitrogens is 1. The number of hydrogen-bond acceptors (Lipinski definition) is 5. The number of imide groups is 1. The van der Waals surface area contributed by atoms with Crippen LogP contribution in [0.5, 0.6) is 0 Å². The minimum Gasteiger partial charge on any atom is -0.283 e. The average Bonchev–Trinajstić information content (AvgIpc) is 3.41. The molecule has 1 aromatic carbocycles. The molecular weight excluding hydrogens is 422 g/mol. The molecule has 0 radical (unpaired) electrons. The van der Waals surface area contributed by atoms with Crippen LogP contribution in [0.4, 0.5) is 5.69 Å². The molecule has 1 aromatic heterocycles. The highest BCUT2D eigenvalue weighted by Gasteiger charge is 2.37. The highest BCUT2D eigenvalue weighted by molar-refractivity contribution is 9.10. The van der Waals surface area contributed by atoms with Crippen LogP contribution >= 0.6 is 15.9 Å². The molecule has 1 fully saturated rings. The number of rotatable bonds is 5. The van der Waals surface area contributed by atoms with Crippen molar-refractivity contribution in [2.75, 3.05) is 4.72 Å². The number of nitrogens with one attached hydrogen (secondary N) is 1. The molecule has 9 heteroatoms. The molecule has 0 atom stereocenters. The first-order valence-electron chi connectivity index (χ1n) is 7.97. The van der Waals surface area contributed by atoms with Crippen molar-refractivity contribution in [3.05, 3.63) is 57.8 Å². The van der Waals surface area contributed by atoms with E-state index < -0.39 is 15.9 Å². The van der Waals surface area contributed by atoms with Gasteiger partial charge in [-0.2, -0.15) is 0 Å². The molecule has 2 aromatic rings. The zero-order valence-electron chi connectivity index (χ0n) is 13.5. The lowest BCUT2D eigenvalue weighted by Gasteiger charge is -2.14. The number of hydrogen-bond donors (Lipinski definition) is 1. The molecule has 1 aliphatic heterocycles. The van der Waals surface area contributed by atoms with Gasteiger partial charge >= 0.3 is 0 Å². The van der Waals surface area contributed by atoms with Crippen molar-refractivity contribution < 1.29 is 18.0 Å². The summed E-state index contributed by atoms with van der Waals surface area (Å²) in [6.07, 6.45) is 2.78. The Balaban J connectivity index is 1.56. The normalized spacial score (nSPS) is 16.7. The van der Waals surface area contributed by atoms with E-state index in [4.69, 9.17) is 0 Å². The van der Waals surface area contributed by atoms with Crippen LogP contribution in [0, 0.1) is 0 Å². The quantitative estimate of drug-likeness (QED) is 0.727. The first-order valence-corrected chi connectivity index (χ1v) is 10.3. The summed E-state index contributed by atoms with van der Waals surface area (Å²) in [6.45, 7) is -0.0248. The second-order valence-corrected chi connectivity index (χ2v) is 9.15. The zero-order chi connectivity index (χ0) is 18.5. The Labute approximate surface area is 158 Å². The van der Waals surface area contributed by atoms with Crippen LogP contribution in [-0.4, -0.2) is 35.4 Å². The molecule has 2 heterocycles. The van der Waals surface area contributed by atoms with E-state index in [-0.39, 0.29) is 17.7 Å². The van der Waals surface area contributed by atoms with Gasteiger partial charge in [0.15, 0.2) is 0 Å². The molecule has 0 unspecified atom stereocenters. The van der Waals surface area contributed by atoms with Crippen molar-refractivity contribution in [2.45, 2.75) is 24.6 Å². The van der Waals surface area contributed by atoms with E-state index in [0.29, 0.717) is 39.8 Å². The third kappa shape index (κ3) is 3.12. The highest BCUT2D eigenvalue weighted by atomic mass is 79.9. The number of carbonyl (C=O) groups is 2. The first-order chi connectivity index (χ1) is 12.3. The number of anilines is 1. The van der Waals surface area contributed by atoms with Crippen molar-refractivity contribution in [1.82, 2.24) is 9.88 Å². The summed E-state index contributed by atoms with van der Waals surface area (Å²) in [5.41, 5.74) is 1.49. The van der Waals surface area contributed by atoms with Crippen LogP contribution in [0.2, 0.25) is 0 Å². The molecule has 7 nitrogen and oxygen atoms in total. The maximum Gasteiger partial charge on any atom is 0.261 e. The van der Waals surface area contributed by atoms with Crippen molar-refractivity contribution >= 4 is 43.5 Å². The van der Waals surface area contributed by atoms with E-state index in [1.54, 1.807) is 30.3 Å². The summed E-state index contributed by atoms with van der Waals surface area (Å²) in [4.78, 5) is 30.3. The van der Waals surface area contributed by atoms with E-state index in [2.05, 4.69) is 25.6 Å². The minimum absolute atomic E-state index is 0.0248. The van der Waals surface area contributed by atoms with E-state index >= 15 is 0 Å². The van der Waals surface area contributed by atoms with E-state index in [9.17, 15) is 18.0 Å². The minimum atomic E-state index is -3.38. The predicted octanol–water partition coefficient (Wildman–Crippen LogP) is 2.54. The number of nitrogens with zero attached hydrogens (tertiary/aromatic N) is 2. The Morgan fingerprint density at radius 2 is 1.85 bits per heavy atom. The third-order valence-electron chi connectivity index (χ3n) is 4.29. The highest BCUT2D eigenvalue weighted by Crippen LogP contribution is 2.30. The standard InChI is InChI=1S/C17H14BrN3O4S/c18-10-1-4-14-15(7-10)17(23)21(16(14)22)9-12-8-11(5-6-19-12)20-26(24,25)13-2-3-13/h1,4-8,13H,2-3,9H2,(H,19,20). The lowest BCUT2D eigenvalue weighted by atomic mass is 10.1. The zero-order valence-corrected chi connectivity index (χ0v) is 15.9. The van der Waals surface area contributed by atoms with Gasteiger partial charge in [0.05, 0.1) is 34.3 Å². The summed E-state index contributed by atoms with van der Waals surface area (Å²) in [7, 11) is -3.38. The molecule has 1 aliphatic carbocycles. The molecule has 26 heavy (non-hydrogen) atoms. The van der Waals surface area contributed by atoms with Gasteiger partial charge in [0.25, 0.3) is 11.8 Å². The van der Waals surface area contributed by atoms with Gasteiger partial charge < -0.3 is 0 Å². The molecule has 134 valence electrons. The number of amides is 2. The molecule has 0 bridgehead atoms. The smallest absolute Gasteiger partial charge is 0.261 e. The fourth-order valence-electron chi connectivity index (χ4n) is 2.82. The van der Waals surface area contributed by atoms with Crippen molar-refractivity contribution in [1.29, 1.82) is 0 Å². The van der Waals surface area contributed by atoms with Crippen LogP contribution in [0.15, 0.2) is 41.0 Å². The maximum absolute atomic E-state index is 12.5. The van der Waals surface area contributed by atoms with Crippen molar-refractivity contribution in [2.24, 2.45) is 0 Å². The summed E-state index contributed by atoms with van der Waals surface area (Å²) in [5.74, 6) is -0.777. The second kappa shape index (κ2) is 6.17. The maximum atomic E-state index is 12.5. The molecule has 2 aliphatic rings. The third-order valence-corrected chi connectivity index (χ3v) is 6.66. The van der Waals surface area contributed by atoms with Crippen molar-refractivity contribution in [3.63, 3.8) is 0 Å². The number of benzene rings is 1. The second-order valence-electron chi connectivity index (χ2n) is 6.27. The van der Waals surface area contributed by atoms with Gasteiger partial charge in [-0.1, -0.05) is 15.9 Å². The number of carbonyl (C=O) groups excluding carboxylic acids is 2. The Kier molecular flexibility index (Phi) is 4.07. The largest absolute Gasteiger partial charge is 0.283 e. The summed E-state index contributed by atoms with van der Waals surface area (Å²) in [5, 5.41) is -0.339. The Morgan fingerprint density at radius 3 is 2.58 bits per heavy atom. The molecule has 0 spiro atoms. The predicted molar refractivity (Wildman–Crippen MR) is 98.1 cm³/mol. The van der Waals surface area contributed by atoms with E-state index in [0.717, 1.165) is 4.90 Å². The van der Waals surface area contributed by atoms with E-state index in [1.807, 2.05) is 0 Å². The fraction of sp³-hybridized carbons (Fsp3) is 0.235. The Bertz CT molecular complexity index is 1030. The van der Waals surface area contributed by atoms with Gasteiger partial charge in [-0.3, -0.25) is 24.2 Å². The number of pyridine rings is 1. The molecule has 0 saturated heterocycles. The van der Waals surface area contributed by atoms with Gasteiger partial charge in [-0.25, -0.2) is 8.42 Å². The monoisotopic (exact) mass is 435 g/mol. The lowest BCUT2D eigenvalue weighted by Crippen LogP contribution is -2.29. The van der Waals surface area contributed by atoms with Crippen LogP contribution in [0.1, 0.15) is 39.3 Å².